The van der Waals surface area contributed by atoms with Gasteiger partial charge in [0.05, 0.1) is 0 Å². The molecule has 0 atom stereocenters. The number of nitrogens with one attached hydrogen (secondary N) is 2. The zero-order valence-corrected chi connectivity index (χ0v) is 11.5. The lowest BCUT2D eigenvalue weighted by atomic mass is 10.2. The monoisotopic (exact) mass is 257 g/mol. The van der Waals surface area contributed by atoms with Crippen LogP contribution in [0.5, 0.6) is 0 Å². The highest BCUT2D eigenvalue weighted by molar-refractivity contribution is 7.09. The Kier molecular flexibility index (Phi) is 5.14. The second-order valence-corrected chi connectivity index (χ2v) is 4.92. The predicted molar refractivity (Wildman–Crippen MR) is 69.6 cm³/mol. The van der Waals surface area contributed by atoms with Crippen molar-refractivity contribution in [2.45, 2.75) is 19.8 Å². The summed E-state index contributed by atoms with van der Waals surface area (Å²) in [7, 11) is 3.42. The summed E-state index contributed by atoms with van der Waals surface area (Å²) < 4.78 is 4.23. The van der Waals surface area contributed by atoms with Crippen LogP contribution in [0.2, 0.25) is 0 Å². The first-order chi connectivity index (χ1) is 8.00. The van der Waals surface area contributed by atoms with E-state index in [4.69, 9.17) is 0 Å². The Bertz CT molecular complexity index is 363. The van der Waals surface area contributed by atoms with Crippen LogP contribution in [-0.4, -0.2) is 47.5 Å². The van der Waals surface area contributed by atoms with Gasteiger partial charge in [-0.25, -0.2) is 9.78 Å². The van der Waals surface area contributed by atoms with Gasteiger partial charge in [0.15, 0.2) is 0 Å². The molecule has 1 aromatic rings. The zero-order chi connectivity index (χ0) is 12.8. The fraction of sp³-hybridized carbons (Fsp3) is 0.700. The van der Waals surface area contributed by atoms with Crippen LogP contribution in [0.3, 0.4) is 0 Å². The van der Waals surface area contributed by atoms with E-state index >= 15 is 0 Å². The molecule has 0 aliphatic heterocycles. The first-order valence-electron chi connectivity index (χ1n) is 5.53. The Morgan fingerprint density at radius 1 is 1.41 bits per heavy atom. The van der Waals surface area contributed by atoms with Gasteiger partial charge in [0.25, 0.3) is 0 Å². The molecule has 0 radical (unpaired) electrons. The van der Waals surface area contributed by atoms with Gasteiger partial charge in [0.1, 0.15) is 5.82 Å². The number of amides is 2. The molecule has 96 valence electrons. The third-order valence-corrected chi connectivity index (χ3v) is 2.73. The third-order valence-electron chi connectivity index (χ3n) is 2.04. The number of carbonyl (C=O) groups excluding carboxylic acids is 1. The zero-order valence-electron chi connectivity index (χ0n) is 10.6. The highest BCUT2D eigenvalue weighted by atomic mass is 32.1. The van der Waals surface area contributed by atoms with E-state index in [0.717, 1.165) is 11.0 Å². The Balaban J connectivity index is 2.24. The number of carbonyl (C=O) groups is 1. The molecule has 0 aliphatic carbocycles. The molecule has 1 aromatic heterocycles. The van der Waals surface area contributed by atoms with E-state index < -0.39 is 0 Å². The van der Waals surface area contributed by atoms with Crippen molar-refractivity contribution < 1.29 is 4.79 Å². The Morgan fingerprint density at radius 2 is 2.12 bits per heavy atom. The van der Waals surface area contributed by atoms with Gasteiger partial charge >= 0.3 is 6.03 Å². The van der Waals surface area contributed by atoms with Gasteiger partial charge in [-0.1, -0.05) is 13.8 Å². The van der Waals surface area contributed by atoms with Crippen molar-refractivity contribution in [3.05, 3.63) is 5.82 Å². The minimum atomic E-state index is -0.0908. The lowest BCUT2D eigenvalue weighted by Crippen LogP contribution is -2.37. The van der Waals surface area contributed by atoms with Crippen molar-refractivity contribution in [1.82, 2.24) is 19.6 Å². The summed E-state index contributed by atoms with van der Waals surface area (Å²) in [5.74, 6) is 1.20. The van der Waals surface area contributed by atoms with Crippen LogP contribution in [0.15, 0.2) is 0 Å². The minimum Gasteiger partial charge on any atom is -0.359 e. The molecule has 0 bridgehead atoms. The molecule has 6 nitrogen and oxygen atoms in total. The Hall–Kier alpha value is -1.37. The average Bonchev–Trinajstić information content (AvgIpc) is 2.72. The number of nitrogens with zero attached hydrogens (tertiary/aromatic N) is 3. The number of urea groups is 1. The maximum absolute atomic E-state index is 11.2. The Morgan fingerprint density at radius 3 is 2.65 bits per heavy atom. The summed E-state index contributed by atoms with van der Waals surface area (Å²) in [6.45, 7) is 5.33. The molecule has 7 heteroatoms. The highest BCUT2D eigenvalue weighted by Gasteiger charge is 2.07. The summed E-state index contributed by atoms with van der Waals surface area (Å²) >= 11 is 1.35. The SMILES string of the molecule is CC(C)c1nsc(NCCNC(=O)N(C)C)n1. The van der Waals surface area contributed by atoms with E-state index in [1.165, 1.54) is 16.4 Å². The highest BCUT2D eigenvalue weighted by Crippen LogP contribution is 2.16. The summed E-state index contributed by atoms with van der Waals surface area (Å²) in [5, 5.41) is 6.69. The molecule has 2 N–H and O–H groups in total. The first kappa shape index (κ1) is 13.7. The normalized spacial score (nSPS) is 10.4. The number of hydrogen-bond donors (Lipinski definition) is 2. The molecule has 0 saturated carbocycles. The lowest BCUT2D eigenvalue weighted by molar-refractivity contribution is 0.218. The smallest absolute Gasteiger partial charge is 0.316 e. The van der Waals surface area contributed by atoms with Gasteiger partial charge in [-0.2, -0.15) is 4.37 Å². The molecular weight excluding hydrogens is 238 g/mol. The van der Waals surface area contributed by atoms with E-state index in [1.54, 1.807) is 14.1 Å². The van der Waals surface area contributed by atoms with E-state index in [-0.39, 0.29) is 6.03 Å². The predicted octanol–water partition coefficient (Wildman–Crippen LogP) is 1.34. The van der Waals surface area contributed by atoms with Gasteiger partial charge in [-0.15, -0.1) is 0 Å². The average molecular weight is 257 g/mol. The van der Waals surface area contributed by atoms with Crippen LogP contribution in [0, 0.1) is 0 Å². The standard InChI is InChI=1S/C10H19N5OS/c1-7(2)8-13-9(17-14-8)11-5-6-12-10(16)15(3)4/h7H,5-6H2,1-4H3,(H,12,16)(H,11,13,14). The molecule has 0 aliphatic rings. The maximum atomic E-state index is 11.2. The fourth-order valence-corrected chi connectivity index (χ4v) is 1.77. The molecule has 2 amide bonds. The second-order valence-electron chi connectivity index (χ2n) is 4.17. The van der Waals surface area contributed by atoms with Crippen molar-refractivity contribution in [2.75, 3.05) is 32.5 Å². The van der Waals surface area contributed by atoms with Crippen LogP contribution >= 0.6 is 11.5 Å². The van der Waals surface area contributed by atoms with Gasteiger partial charge in [0.2, 0.25) is 5.13 Å². The fourth-order valence-electron chi connectivity index (χ4n) is 1.04. The molecule has 0 unspecified atom stereocenters. The summed E-state index contributed by atoms with van der Waals surface area (Å²) in [4.78, 5) is 17.0. The van der Waals surface area contributed by atoms with Crippen LogP contribution < -0.4 is 10.6 Å². The summed E-state index contributed by atoms with van der Waals surface area (Å²) in [6, 6.07) is -0.0908. The molecular formula is C10H19N5OS. The summed E-state index contributed by atoms with van der Waals surface area (Å²) in [5.41, 5.74) is 0. The molecule has 1 rings (SSSR count). The van der Waals surface area contributed by atoms with Crippen molar-refractivity contribution >= 4 is 22.7 Å². The number of aromatic nitrogens is 2. The minimum absolute atomic E-state index is 0.0908. The molecule has 0 saturated heterocycles. The maximum Gasteiger partial charge on any atom is 0.316 e. The van der Waals surface area contributed by atoms with Crippen LogP contribution in [-0.2, 0) is 0 Å². The second kappa shape index (κ2) is 6.39. The summed E-state index contributed by atoms with van der Waals surface area (Å²) in [6.07, 6.45) is 0. The van der Waals surface area contributed by atoms with Gasteiger partial charge in [0, 0.05) is 44.6 Å². The molecule has 0 fully saturated rings. The number of rotatable bonds is 5. The molecule has 0 aromatic carbocycles. The first-order valence-corrected chi connectivity index (χ1v) is 6.30. The van der Waals surface area contributed by atoms with Crippen molar-refractivity contribution in [3.8, 4) is 0 Å². The van der Waals surface area contributed by atoms with E-state index in [2.05, 4.69) is 33.8 Å². The molecule has 0 spiro atoms. The lowest BCUT2D eigenvalue weighted by Gasteiger charge is -2.11. The van der Waals surface area contributed by atoms with Gasteiger partial charge in [-0.05, 0) is 0 Å². The van der Waals surface area contributed by atoms with Crippen molar-refractivity contribution in [2.24, 2.45) is 0 Å². The third kappa shape index (κ3) is 4.56. The van der Waals surface area contributed by atoms with Gasteiger partial charge in [-0.3, -0.25) is 0 Å². The van der Waals surface area contributed by atoms with Crippen molar-refractivity contribution in [3.63, 3.8) is 0 Å². The topological polar surface area (TPSA) is 70.2 Å². The molecule has 1 heterocycles. The van der Waals surface area contributed by atoms with E-state index in [9.17, 15) is 4.79 Å². The Labute approximate surface area is 106 Å². The number of hydrogen-bond acceptors (Lipinski definition) is 5. The molecule has 17 heavy (non-hydrogen) atoms. The largest absolute Gasteiger partial charge is 0.359 e. The van der Waals surface area contributed by atoms with Crippen molar-refractivity contribution in [1.29, 1.82) is 0 Å². The number of anilines is 1. The van der Waals surface area contributed by atoms with Crippen LogP contribution in [0.25, 0.3) is 0 Å². The van der Waals surface area contributed by atoms with E-state index in [1.807, 2.05) is 0 Å². The van der Waals surface area contributed by atoms with Crippen LogP contribution in [0.4, 0.5) is 9.93 Å². The van der Waals surface area contributed by atoms with Gasteiger partial charge < -0.3 is 15.5 Å². The van der Waals surface area contributed by atoms with E-state index in [0.29, 0.717) is 19.0 Å². The quantitative estimate of drug-likeness (QED) is 0.781. The van der Waals surface area contributed by atoms with Crippen LogP contribution in [0.1, 0.15) is 25.6 Å².